The fourth-order valence-corrected chi connectivity index (χ4v) is 0.951. The lowest BCUT2D eigenvalue weighted by molar-refractivity contribution is -0.379. The zero-order valence-electron chi connectivity index (χ0n) is 7.08. The van der Waals surface area contributed by atoms with Crippen molar-refractivity contribution in [3.8, 4) is 0 Å². The van der Waals surface area contributed by atoms with Crippen LogP contribution in [0.4, 0.5) is 5.69 Å². The van der Waals surface area contributed by atoms with E-state index in [4.69, 9.17) is 10.3 Å². The van der Waals surface area contributed by atoms with Gasteiger partial charge < -0.3 is 10.3 Å². The van der Waals surface area contributed by atoms with E-state index in [1.807, 2.05) is 25.1 Å². The number of hydrogen-bond acceptors (Lipinski definition) is 1. The van der Waals surface area contributed by atoms with E-state index in [9.17, 15) is 0 Å². The first-order valence-corrected chi connectivity index (χ1v) is 3.93. The summed E-state index contributed by atoms with van der Waals surface area (Å²) in [4.78, 5) is 0. The summed E-state index contributed by atoms with van der Waals surface area (Å²) < 4.78 is 5.21. The van der Waals surface area contributed by atoms with Crippen molar-refractivity contribution in [2.45, 2.75) is 13.5 Å². The third-order valence-corrected chi connectivity index (χ3v) is 1.53. The summed E-state index contributed by atoms with van der Waals surface area (Å²) in [6, 6.07) is 7.45. The minimum Gasteiger partial charge on any atom is -0.502 e. The maximum atomic E-state index is 8.60. The smallest absolute Gasteiger partial charge is 0.192 e. The van der Waals surface area contributed by atoms with Gasteiger partial charge in [-0.3, -0.25) is 5.11 Å². The molecule has 3 heteroatoms. The Kier molecular flexibility index (Phi) is 3.41. The van der Waals surface area contributed by atoms with Crippen LogP contribution in [0.15, 0.2) is 24.3 Å². The van der Waals surface area contributed by atoms with E-state index < -0.39 is 0 Å². The highest BCUT2D eigenvalue weighted by Crippen LogP contribution is 2.05. The highest BCUT2D eigenvalue weighted by molar-refractivity contribution is 5.32. The Labute approximate surface area is 71.9 Å². The predicted octanol–water partition coefficient (Wildman–Crippen LogP) is 0.957. The van der Waals surface area contributed by atoms with Gasteiger partial charge >= 0.3 is 0 Å². The van der Waals surface area contributed by atoms with Crippen molar-refractivity contribution in [1.29, 1.82) is 0 Å². The van der Waals surface area contributed by atoms with Gasteiger partial charge in [-0.2, -0.15) is 0 Å². The standard InChI is InChI=1S/C9H12N2O/c1-2-12-7-8-4-3-5-9(6-8)11-10/h3-6,11H,2,7H2,1H3. The number of benzene rings is 1. The van der Waals surface area contributed by atoms with Crippen molar-refractivity contribution in [3.05, 3.63) is 35.4 Å². The average molecular weight is 164 g/mol. The number of hydrogen-bond donors (Lipinski definition) is 1. The molecule has 0 bridgehead atoms. The lowest BCUT2D eigenvalue weighted by atomic mass is 10.2. The topological polar surface area (TPSA) is 45.5 Å². The maximum absolute atomic E-state index is 8.60. The van der Waals surface area contributed by atoms with Crippen LogP contribution in [0.5, 0.6) is 0 Å². The molecule has 1 rings (SSSR count). The van der Waals surface area contributed by atoms with Crippen molar-refractivity contribution in [2.24, 2.45) is 0 Å². The molecular weight excluding hydrogens is 152 g/mol. The molecule has 1 aromatic carbocycles. The normalized spacial score (nSPS) is 9.75. The second kappa shape index (κ2) is 4.62. The van der Waals surface area contributed by atoms with Gasteiger partial charge in [0.2, 0.25) is 0 Å². The second-order valence-electron chi connectivity index (χ2n) is 2.45. The predicted molar refractivity (Wildman–Crippen MR) is 45.8 cm³/mol. The zero-order valence-corrected chi connectivity index (χ0v) is 7.08. The fourth-order valence-electron chi connectivity index (χ4n) is 0.951. The molecule has 0 aromatic heterocycles. The minimum absolute atomic E-state index is 0.589. The molecule has 0 saturated heterocycles. The molecule has 3 nitrogen and oxygen atoms in total. The van der Waals surface area contributed by atoms with E-state index >= 15 is 0 Å². The largest absolute Gasteiger partial charge is 0.502 e. The van der Waals surface area contributed by atoms with Crippen molar-refractivity contribution in [3.63, 3.8) is 0 Å². The van der Waals surface area contributed by atoms with Crippen molar-refractivity contribution in [2.75, 3.05) is 6.61 Å². The fraction of sp³-hybridized carbons (Fsp3) is 0.333. The van der Waals surface area contributed by atoms with Gasteiger partial charge in [0.25, 0.3) is 0 Å². The molecule has 64 valence electrons. The van der Waals surface area contributed by atoms with Crippen molar-refractivity contribution in [1.82, 2.24) is 0 Å². The molecule has 0 saturated carbocycles. The second-order valence-corrected chi connectivity index (χ2v) is 2.45. The zero-order chi connectivity index (χ0) is 8.81. The van der Waals surface area contributed by atoms with Gasteiger partial charge in [0, 0.05) is 18.7 Å². The monoisotopic (exact) mass is 164 g/mol. The molecular formula is C9H12N2O. The summed E-state index contributed by atoms with van der Waals surface area (Å²) in [5.41, 5.74) is 10.3. The molecule has 0 aliphatic rings. The molecule has 1 aromatic rings. The molecule has 0 spiro atoms. The lowest BCUT2D eigenvalue weighted by Gasteiger charge is -2.00. The number of rotatable bonds is 4. The van der Waals surface area contributed by atoms with E-state index in [-0.39, 0.29) is 0 Å². The summed E-state index contributed by atoms with van der Waals surface area (Å²) in [5.74, 6) is 0. The van der Waals surface area contributed by atoms with Crippen molar-refractivity contribution < 1.29 is 9.85 Å². The van der Waals surface area contributed by atoms with Gasteiger partial charge in [-0.25, -0.2) is 0 Å². The van der Waals surface area contributed by atoms with Gasteiger partial charge in [-0.15, -0.1) is 0 Å². The lowest BCUT2D eigenvalue weighted by Crippen LogP contribution is -2.54. The third-order valence-electron chi connectivity index (χ3n) is 1.53. The Morgan fingerprint density at radius 1 is 1.50 bits per heavy atom. The first-order valence-electron chi connectivity index (χ1n) is 3.93. The maximum Gasteiger partial charge on any atom is 0.192 e. The Morgan fingerprint density at radius 3 is 3.00 bits per heavy atom. The van der Waals surface area contributed by atoms with Crippen LogP contribution in [0, 0.1) is 0 Å². The van der Waals surface area contributed by atoms with Gasteiger partial charge in [0.15, 0.2) is 5.69 Å². The van der Waals surface area contributed by atoms with Crippen LogP contribution >= 0.6 is 0 Å². The van der Waals surface area contributed by atoms with Crippen LogP contribution in [-0.4, -0.2) is 6.61 Å². The number of nitrogens with zero attached hydrogens (tertiary/aromatic N) is 1. The van der Waals surface area contributed by atoms with Gasteiger partial charge in [-0.1, -0.05) is 12.1 Å². The Bertz CT molecular complexity index is 260. The Balaban J connectivity index is 2.66. The SMILES string of the molecule is CCOCc1cccc([NH+]=[N-])c1. The molecule has 0 unspecified atom stereocenters. The third kappa shape index (κ3) is 2.43. The van der Waals surface area contributed by atoms with Crippen LogP contribution in [-0.2, 0) is 11.3 Å². The van der Waals surface area contributed by atoms with Gasteiger partial charge in [0.1, 0.15) is 0 Å². The van der Waals surface area contributed by atoms with E-state index in [2.05, 4.69) is 5.11 Å². The van der Waals surface area contributed by atoms with Crippen LogP contribution in [0.1, 0.15) is 12.5 Å². The van der Waals surface area contributed by atoms with E-state index in [0.717, 1.165) is 5.56 Å². The molecule has 0 amide bonds. The summed E-state index contributed by atoms with van der Waals surface area (Å²) in [5, 5.41) is 2.09. The Morgan fingerprint density at radius 2 is 2.33 bits per heavy atom. The quantitative estimate of drug-likeness (QED) is 0.662. The van der Waals surface area contributed by atoms with E-state index in [1.165, 1.54) is 0 Å². The van der Waals surface area contributed by atoms with Gasteiger partial charge in [-0.05, 0) is 12.5 Å². The molecule has 0 aliphatic heterocycles. The van der Waals surface area contributed by atoms with E-state index in [1.54, 1.807) is 6.07 Å². The first-order chi connectivity index (χ1) is 5.86. The van der Waals surface area contributed by atoms with Crippen LogP contribution < -0.4 is 5.11 Å². The first kappa shape index (κ1) is 8.87. The summed E-state index contributed by atoms with van der Waals surface area (Å²) in [6.07, 6.45) is 0. The Hall–Kier alpha value is -1.22. The summed E-state index contributed by atoms with van der Waals surface area (Å²) in [7, 11) is 0. The highest BCUT2D eigenvalue weighted by atomic mass is 16.5. The van der Waals surface area contributed by atoms with Crippen LogP contribution in [0.2, 0.25) is 0 Å². The van der Waals surface area contributed by atoms with Crippen molar-refractivity contribution >= 4 is 5.69 Å². The molecule has 0 aliphatic carbocycles. The summed E-state index contributed by atoms with van der Waals surface area (Å²) >= 11 is 0. The average Bonchev–Trinajstić information content (AvgIpc) is 2.15. The molecule has 0 fully saturated rings. The summed E-state index contributed by atoms with van der Waals surface area (Å²) in [6.45, 7) is 3.25. The minimum atomic E-state index is 0.589. The molecule has 1 N–H and O–H groups in total. The molecule has 0 radical (unpaired) electrons. The number of nitrogens with one attached hydrogen (secondary N) is 1. The molecule has 12 heavy (non-hydrogen) atoms. The molecule has 0 atom stereocenters. The highest BCUT2D eigenvalue weighted by Gasteiger charge is 1.95. The molecule has 0 heterocycles. The van der Waals surface area contributed by atoms with Gasteiger partial charge in [0.05, 0.1) is 6.61 Å². The number of ether oxygens (including phenoxy) is 1. The van der Waals surface area contributed by atoms with Crippen LogP contribution in [0.3, 0.4) is 0 Å². The van der Waals surface area contributed by atoms with E-state index in [0.29, 0.717) is 18.9 Å². The van der Waals surface area contributed by atoms with Crippen LogP contribution in [0.25, 0.3) is 5.53 Å².